The third kappa shape index (κ3) is 3.36. The van der Waals surface area contributed by atoms with Gasteiger partial charge in [0.2, 0.25) is 0 Å². The van der Waals surface area contributed by atoms with Crippen LogP contribution in [-0.4, -0.2) is 4.57 Å². The molecule has 0 aliphatic carbocycles. The maximum absolute atomic E-state index is 11.4. The number of unbranched alkanes of at least 4 members (excludes halogenated alkanes) is 3. The summed E-state index contributed by atoms with van der Waals surface area (Å²) in [4.78, 5) is 11.4. The predicted octanol–water partition coefficient (Wildman–Crippen LogP) is 2.74. The van der Waals surface area contributed by atoms with Crippen molar-refractivity contribution in [2.24, 2.45) is 0 Å². The van der Waals surface area contributed by atoms with Crippen molar-refractivity contribution in [2.45, 2.75) is 46.1 Å². The van der Waals surface area contributed by atoms with Crippen molar-refractivity contribution in [3.63, 3.8) is 0 Å². The molecule has 0 spiro atoms. The largest absolute Gasteiger partial charge is 0.315 e. The second kappa shape index (κ2) is 5.63. The zero-order valence-corrected chi connectivity index (χ0v) is 9.12. The Morgan fingerprint density at radius 3 is 2.71 bits per heavy atom. The fraction of sp³-hybridized carbons (Fsp3) is 0.583. The average molecular weight is 193 g/mol. The lowest BCUT2D eigenvalue weighted by Crippen LogP contribution is -2.18. The molecule has 0 saturated heterocycles. The highest BCUT2D eigenvalue weighted by Gasteiger charge is 1.95. The van der Waals surface area contributed by atoms with Gasteiger partial charge in [0.25, 0.3) is 5.56 Å². The minimum atomic E-state index is 0.118. The zero-order valence-electron chi connectivity index (χ0n) is 9.12. The smallest absolute Gasteiger partial charge is 0.250 e. The van der Waals surface area contributed by atoms with Gasteiger partial charge in [0, 0.05) is 18.8 Å². The minimum absolute atomic E-state index is 0.118. The van der Waals surface area contributed by atoms with Crippen LogP contribution in [0.15, 0.2) is 23.1 Å². The molecule has 0 unspecified atom stereocenters. The van der Waals surface area contributed by atoms with Crippen LogP contribution < -0.4 is 5.56 Å². The first-order chi connectivity index (χ1) is 6.74. The van der Waals surface area contributed by atoms with Gasteiger partial charge in [-0.15, -0.1) is 0 Å². The molecule has 0 aromatic carbocycles. The maximum Gasteiger partial charge on any atom is 0.250 e. The molecule has 0 bridgehead atoms. The van der Waals surface area contributed by atoms with E-state index in [9.17, 15) is 4.79 Å². The number of aromatic nitrogens is 1. The maximum atomic E-state index is 11.4. The van der Waals surface area contributed by atoms with Crippen molar-refractivity contribution in [3.05, 3.63) is 34.2 Å². The van der Waals surface area contributed by atoms with Gasteiger partial charge in [-0.1, -0.05) is 32.3 Å². The van der Waals surface area contributed by atoms with Gasteiger partial charge >= 0.3 is 0 Å². The van der Waals surface area contributed by atoms with Crippen molar-refractivity contribution >= 4 is 0 Å². The molecule has 14 heavy (non-hydrogen) atoms. The van der Waals surface area contributed by atoms with E-state index in [1.807, 2.05) is 23.8 Å². The van der Waals surface area contributed by atoms with Crippen molar-refractivity contribution in [1.82, 2.24) is 4.57 Å². The van der Waals surface area contributed by atoms with Crippen LogP contribution in [-0.2, 0) is 6.54 Å². The first-order valence-electron chi connectivity index (χ1n) is 5.41. The van der Waals surface area contributed by atoms with E-state index in [1.165, 1.54) is 19.3 Å². The number of aryl methyl sites for hydroxylation is 2. The molecular weight excluding hydrogens is 174 g/mol. The topological polar surface area (TPSA) is 22.0 Å². The van der Waals surface area contributed by atoms with Gasteiger partial charge in [-0.05, 0) is 18.9 Å². The lowest BCUT2D eigenvalue weighted by atomic mass is 10.2. The van der Waals surface area contributed by atoms with Gasteiger partial charge in [0.15, 0.2) is 0 Å². The van der Waals surface area contributed by atoms with Gasteiger partial charge in [0.05, 0.1) is 0 Å². The molecule has 0 saturated carbocycles. The molecule has 0 aliphatic heterocycles. The zero-order chi connectivity index (χ0) is 10.4. The third-order valence-electron chi connectivity index (χ3n) is 2.38. The molecule has 0 fully saturated rings. The van der Waals surface area contributed by atoms with Crippen molar-refractivity contribution in [2.75, 3.05) is 0 Å². The predicted molar refractivity (Wildman–Crippen MR) is 59.6 cm³/mol. The summed E-state index contributed by atoms with van der Waals surface area (Å²) in [5.41, 5.74) is 1.27. The molecule has 1 aromatic heterocycles. The van der Waals surface area contributed by atoms with E-state index < -0.39 is 0 Å². The van der Waals surface area contributed by atoms with Crippen molar-refractivity contribution in [3.8, 4) is 0 Å². The molecule has 1 rings (SSSR count). The number of hydrogen-bond donors (Lipinski definition) is 0. The van der Waals surface area contributed by atoms with Gasteiger partial charge in [-0.3, -0.25) is 4.79 Å². The van der Waals surface area contributed by atoms with Crippen LogP contribution in [0.2, 0.25) is 0 Å². The normalized spacial score (nSPS) is 10.4. The average Bonchev–Trinajstić information content (AvgIpc) is 2.18. The van der Waals surface area contributed by atoms with Crippen LogP contribution in [0.3, 0.4) is 0 Å². The van der Waals surface area contributed by atoms with Crippen LogP contribution in [0.1, 0.15) is 38.2 Å². The van der Waals surface area contributed by atoms with Crippen LogP contribution in [0, 0.1) is 6.92 Å². The SMILES string of the molecule is CCCCCCn1cc(C)ccc1=O. The van der Waals surface area contributed by atoms with Crippen LogP contribution >= 0.6 is 0 Å². The Labute approximate surface area is 85.6 Å². The molecular formula is C12H19NO. The highest BCUT2D eigenvalue weighted by Crippen LogP contribution is 2.01. The Morgan fingerprint density at radius 1 is 1.21 bits per heavy atom. The molecule has 78 valence electrons. The second-order valence-corrected chi connectivity index (χ2v) is 3.80. The van der Waals surface area contributed by atoms with Crippen LogP contribution in [0.4, 0.5) is 0 Å². The van der Waals surface area contributed by atoms with E-state index >= 15 is 0 Å². The Kier molecular flexibility index (Phi) is 4.44. The summed E-state index contributed by atoms with van der Waals surface area (Å²) in [5.74, 6) is 0. The fourth-order valence-electron chi connectivity index (χ4n) is 1.53. The monoisotopic (exact) mass is 193 g/mol. The lowest BCUT2D eigenvalue weighted by molar-refractivity contribution is 0.569. The van der Waals surface area contributed by atoms with Crippen LogP contribution in [0.25, 0.3) is 0 Å². The van der Waals surface area contributed by atoms with Crippen molar-refractivity contribution in [1.29, 1.82) is 0 Å². The third-order valence-corrected chi connectivity index (χ3v) is 2.38. The Morgan fingerprint density at radius 2 is 2.00 bits per heavy atom. The van der Waals surface area contributed by atoms with Gasteiger partial charge in [0.1, 0.15) is 0 Å². The summed E-state index contributed by atoms with van der Waals surface area (Å²) in [5, 5.41) is 0. The number of hydrogen-bond acceptors (Lipinski definition) is 1. The summed E-state index contributed by atoms with van der Waals surface area (Å²) in [7, 11) is 0. The highest BCUT2D eigenvalue weighted by atomic mass is 16.1. The summed E-state index contributed by atoms with van der Waals surface area (Å²) >= 11 is 0. The van der Waals surface area contributed by atoms with E-state index in [1.54, 1.807) is 6.07 Å². The number of rotatable bonds is 5. The summed E-state index contributed by atoms with van der Waals surface area (Å²) in [6.45, 7) is 5.07. The Bertz CT molecular complexity index is 327. The standard InChI is InChI=1S/C12H19NO/c1-3-4-5-6-9-13-10-11(2)7-8-12(13)14/h7-8,10H,3-6,9H2,1-2H3. The Balaban J connectivity index is 2.49. The molecule has 0 radical (unpaired) electrons. The molecule has 1 aromatic rings. The first-order valence-corrected chi connectivity index (χ1v) is 5.41. The van der Waals surface area contributed by atoms with E-state index in [-0.39, 0.29) is 5.56 Å². The van der Waals surface area contributed by atoms with E-state index in [4.69, 9.17) is 0 Å². The van der Waals surface area contributed by atoms with E-state index in [0.717, 1.165) is 18.5 Å². The van der Waals surface area contributed by atoms with Gasteiger partial charge in [-0.2, -0.15) is 0 Å². The molecule has 2 heteroatoms. The van der Waals surface area contributed by atoms with Gasteiger partial charge in [-0.25, -0.2) is 0 Å². The molecule has 0 amide bonds. The lowest BCUT2D eigenvalue weighted by Gasteiger charge is -2.05. The molecule has 0 N–H and O–H groups in total. The minimum Gasteiger partial charge on any atom is -0.315 e. The summed E-state index contributed by atoms with van der Waals surface area (Å²) in [6, 6.07) is 3.51. The van der Waals surface area contributed by atoms with Gasteiger partial charge < -0.3 is 4.57 Å². The van der Waals surface area contributed by atoms with Crippen molar-refractivity contribution < 1.29 is 0 Å². The molecule has 1 heterocycles. The number of pyridine rings is 1. The second-order valence-electron chi connectivity index (χ2n) is 3.80. The molecule has 0 aliphatic rings. The van der Waals surface area contributed by atoms with E-state index in [0.29, 0.717) is 0 Å². The fourth-order valence-corrected chi connectivity index (χ4v) is 1.53. The highest BCUT2D eigenvalue weighted by molar-refractivity contribution is 5.06. The summed E-state index contributed by atoms with van der Waals surface area (Å²) < 4.78 is 1.81. The molecule has 0 atom stereocenters. The Hall–Kier alpha value is -1.05. The van der Waals surface area contributed by atoms with Crippen LogP contribution in [0.5, 0.6) is 0 Å². The van der Waals surface area contributed by atoms with E-state index in [2.05, 4.69) is 6.92 Å². The number of nitrogens with zero attached hydrogens (tertiary/aromatic N) is 1. The molecule has 2 nitrogen and oxygen atoms in total. The summed E-state index contributed by atoms with van der Waals surface area (Å²) in [6.07, 6.45) is 6.77. The quantitative estimate of drug-likeness (QED) is 0.659. The first kappa shape index (κ1) is 11.0.